The van der Waals surface area contributed by atoms with E-state index >= 15 is 0 Å². The van der Waals surface area contributed by atoms with E-state index in [-0.39, 0.29) is 19.0 Å². The van der Waals surface area contributed by atoms with Crippen molar-refractivity contribution < 1.29 is 24.3 Å². The summed E-state index contributed by atoms with van der Waals surface area (Å²) in [7, 11) is 0. The van der Waals surface area contributed by atoms with Gasteiger partial charge in [-0.1, -0.05) is 78.9 Å². The van der Waals surface area contributed by atoms with Crippen LogP contribution in [0.1, 0.15) is 24.0 Å². The van der Waals surface area contributed by atoms with Crippen LogP contribution in [0.5, 0.6) is 11.5 Å². The molecule has 0 aliphatic carbocycles. The summed E-state index contributed by atoms with van der Waals surface area (Å²) in [5.41, 5.74) is 4.41. The van der Waals surface area contributed by atoms with E-state index in [2.05, 4.69) is 5.32 Å². The summed E-state index contributed by atoms with van der Waals surface area (Å²) in [6.07, 6.45) is 2.71. The zero-order valence-electron chi connectivity index (χ0n) is 24.6. The Kier molecular flexibility index (Phi) is 12.3. The van der Waals surface area contributed by atoms with Crippen molar-refractivity contribution in [2.24, 2.45) is 0 Å². The Labute approximate surface area is 258 Å². The van der Waals surface area contributed by atoms with Gasteiger partial charge in [-0.3, -0.25) is 14.8 Å². The largest absolute Gasteiger partial charge is 0.457 e. The molecule has 0 spiro atoms. The lowest BCUT2D eigenvalue weighted by molar-refractivity contribution is -0.139. The van der Waals surface area contributed by atoms with E-state index in [9.17, 15) is 14.4 Å². The predicted octanol–water partition coefficient (Wildman–Crippen LogP) is 5.91. The lowest BCUT2D eigenvalue weighted by Crippen LogP contribution is -2.47. The van der Waals surface area contributed by atoms with Gasteiger partial charge in [-0.15, -0.1) is 0 Å². The molecule has 3 N–H and O–H groups in total. The fourth-order valence-electron chi connectivity index (χ4n) is 4.69. The molecule has 0 aromatic heterocycles. The average molecular weight is 595 g/mol. The van der Waals surface area contributed by atoms with Crippen molar-refractivity contribution in [1.82, 2.24) is 15.3 Å². The SMILES string of the molecule is O=C(CN(CCCc1ccccc1)C(=O)CN(CCCc1ccccc1)C(=O)Nc1ccc(Oc2ccccc2)cc1)NO. The molecule has 9 heteroatoms. The summed E-state index contributed by atoms with van der Waals surface area (Å²) in [4.78, 5) is 41.8. The highest BCUT2D eigenvalue weighted by Crippen LogP contribution is 2.23. The van der Waals surface area contributed by atoms with Gasteiger partial charge in [0.1, 0.15) is 24.6 Å². The fraction of sp³-hybridized carbons (Fsp3) is 0.229. The first-order valence-corrected chi connectivity index (χ1v) is 14.7. The highest BCUT2D eigenvalue weighted by atomic mass is 16.5. The van der Waals surface area contributed by atoms with E-state index in [1.807, 2.05) is 91.0 Å². The van der Waals surface area contributed by atoms with Gasteiger partial charge in [-0.2, -0.15) is 0 Å². The number of amides is 4. The fourth-order valence-corrected chi connectivity index (χ4v) is 4.69. The topological polar surface area (TPSA) is 111 Å². The molecule has 0 aliphatic heterocycles. The van der Waals surface area contributed by atoms with Crippen LogP contribution in [0.2, 0.25) is 0 Å². The van der Waals surface area contributed by atoms with Crippen molar-refractivity contribution in [2.75, 3.05) is 31.5 Å². The van der Waals surface area contributed by atoms with Crippen LogP contribution in [-0.4, -0.2) is 59.0 Å². The van der Waals surface area contributed by atoms with Crippen molar-refractivity contribution in [2.45, 2.75) is 25.7 Å². The zero-order chi connectivity index (χ0) is 31.0. The number of carbonyl (C=O) groups is 3. The van der Waals surface area contributed by atoms with Gasteiger partial charge in [-0.05, 0) is 73.2 Å². The molecular weight excluding hydrogens is 556 g/mol. The lowest BCUT2D eigenvalue weighted by Gasteiger charge is -2.27. The minimum Gasteiger partial charge on any atom is -0.457 e. The Morgan fingerprint density at radius 2 is 1.11 bits per heavy atom. The molecule has 4 aromatic rings. The molecule has 0 unspecified atom stereocenters. The van der Waals surface area contributed by atoms with Gasteiger partial charge in [0, 0.05) is 18.8 Å². The quantitative estimate of drug-likeness (QED) is 0.117. The number of anilines is 1. The number of hydrogen-bond donors (Lipinski definition) is 3. The number of nitrogens with one attached hydrogen (secondary N) is 2. The minimum atomic E-state index is -0.698. The van der Waals surface area contributed by atoms with Crippen molar-refractivity contribution in [3.05, 3.63) is 126 Å². The summed E-state index contributed by atoms with van der Waals surface area (Å²) in [6, 6.07) is 35.7. The van der Waals surface area contributed by atoms with Gasteiger partial charge in [-0.25, -0.2) is 10.3 Å². The number of para-hydroxylation sites is 1. The van der Waals surface area contributed by atoms with Crippen LogP contribution >= 0.6 is 0 Å². The van der Waals surface area contributed by atoms with E-state index in [4.69, 9.17) is 9.94 Å². The van der Waals surface area contributed by atoms with Crippen molar-refractivity contribution in [1.29, 1.82) is 0 Å². The van der Waals surface area contributed by atoms with E-state index < -0.39 is 11.9 Å². The summed E-state index contributed by atoms with van der Waals surface area (Å²) in [6.45, 7) is 0.0849. The monoisotopic (exact) mass is 594 g/mol. The molecule has 0 bridgehead atoms. The molecule has 0 radical (unpaired) electrons. The number of ether oxygens (including phenoxy) is 1. The van der Waals surface area contributed by atoms with E-state index in [1.54, 1.807) is 29.7 Å². The second kappa shape index (κ2) is 17.1. The standard InChI is InChI=1S/C35H38N4O5/c40-33(37-43)26-38(24-10-16-28-12-4-1-5-13-28)34(41)27-39(25-11-17-29-14-6-2-7-15-29)35(42)36-30-20-22-32(23-21-30)44-31-18-8-3-9-19-31/h1-9,12-15,18-23,43H,10-11,16-17,24-27H2,(H,36,42)(H,37,40). The predicted molar refractivity (Wildman–Crippen MR) is 170 cm³/mol. The second-order valence-electron chi connectivity index (χ2n) is 10.3. The molecule has 0 aliphatic rings. The molecule has 0 fully saturated rings. The number of hydrogen-bond acceptors (Lipinski definition) is 5. The normalized spacial score (nSPS) is 10.5. The van der Waals surface area contributed by atoms with Crippen LogP contribution in [-0.2, 0) is 22.4 Å². The molecule has 228 valence electrons. The van der Waals surface area contributed by atoms with Crippen LogP contribution < -0.4 is 15.5 Å². The van der Waals surface area contributed by atoms with E-state index in [0.717, 1.165) is 24.0 Å². The van der Waals surface area contributed by atoms with Gasteiger partial charge in [0.2, 0.25) is 5.91 Å². The van der Waals surface area contributed by atoms with E-state index in [0.29, 0.717) is 43.1 Å². The first-order chi connectivity index (χ1) is 21.5. The second-order valence-corrected chi connectivity index (χ2v) is 10.3. The Bertz CT molecular complexity index is 1450. The minimum absolute atomic E-state index is 0.222. The van der Waals surface area contributed by atoms with Crippen LogP contribution in [0.15, 0.2) is 115 Å². The Hall–Kier alpha value is -5.15. The number of carbonyl (C=O) groups excluding carboxylic acids is 3. The molecule has 44 heavy (non-hydrogen) atoms. The lowest BCUT2D eigenvalue weighted by atomic mass is 10.1. The van der Waals surface area contributed by atoms with Crippen molar-refractivity contribution in [3.8, 4) is 11.5 Å². The van der Waals surface area contributed by atoms with Gasteiger partial charge in [0.05, 0.1) is 0 Å². The highest BCUT2D eigenvalue weighted by molar-refractivity contribution is 5.93. The molecule has 4 amide bonds. The summed E-state index contributed by atoms with van der Waals surface area (Å²) < 4.78 is 5.84. The molecule has 0 saturated heterocycles. The Morgan fingerprint density at radius 1 is 0.614 bits per heavy atom. The number of hydroxylamine groups is 1. The number of aryl methyl sites for hydroxylation is 2. The molecule has 0 saturated carbocycles. The molecule has 0 heterocycles. The Balaban J connectivity index is 1.41. The third-order valence-corrected chi connectivity index (χ3v) is 6.98. The molecule has 0 atom stereocenters. The maximum atomic E-state index is 13.5. The highest BCUT2D eigenvalue weighted by Gasteiger charge is 2.23. The smallest absolute Gasteiger partial charge is 0.322 e. The number of nitrogens with zero attached hydrogens (tertiary/aromatic N) is 2. The molecule has 4 aromatic carbocycles. The Morgan fingerprint density at radius 3 is 1.66 bits per heavy atom. The van der Waals surface area contributed by atoms with Gasteiger partial charge >= 0.3 is 6.03 Å². The summed E-state index contributed by atoms with van der Waals surface area (Å²) in [5, 5.41) is 12.0. The van der Waals surface area contributed by atoms with Crippen molar-refractivity contribution >= 4 is 23.5 Å². The van der Waals surface area contributed by atoms with Gasteiger partial charge in [0.15, 0.2) is 0 Å². The van der Waals surface area contributed by atoms with Gasteiger partial charge < -0.3 is 19.9 Å². The van der Waals surface area contributed by atoms with Crippen molar-refractivity contribution in [3.63, 3.8) is 0 Å². The first kappa shape index (κ1) is 31.8. The maximum Gasteiger partial charge on any atom is 0.322 e. The number of benzene rings is 4. The summed E-state index contributed by atoms with van der Waals surface area (Å²) in [5.74, 6) is 0.243. The molecule has 9 nitrogen and oxygen atoms in total. The van der Waals surface area contributed by atoms with Crippen LogP contribution in [0.25, 0.3) is 0 Å². The van der Waals surface area contributed by atoms with Gasteiger partial charge in [0.25, 0.3) is 5.91 Å². The molecule has 4 rings (SSSR count). The third kappa shape index (κ3) is 10.6. The van der Waals surface area contributed by atoms with Crippen LogP contribution in [0, 0.1) is 0 Å². The maximum absolute atomic E-state index is 13.5. The molecular formula is C35H38N4O5. The number of rotatable bonds is 15. The zero-order valence-corrected chi connectivity index (χ0v) is 24.6. The number of urea groups is 1. The van der Waals surface area contributed by atoms with Crippen LogP contribution in [0.4, 0.5) is 10.5 Å². The first-order valence-electron chi connectivity index (χ1n) is 14.7. The van der Waals surface area contributed by atoms with Crippen LogP contribution in [0.3, 0.4) is 0 Å². The third-order valence-electron chi connectivity index (χ3n) is 6.98. The summed E-state index contributed by atoms with van der Waals surface area (Å²) >= 11 is 0. The average Bonchev–Trinajstić information content (AvgIpc) is 3.06. The van der Waals surface area contributed by atoms with E-state index in [1.165, 1.54) is 9.80 Å².